The minimum atomic E-state index is -1.29. The van der Waals surface area contributed by atoms with Crippen LogP contribution in [-0.4, -0.2) is 27.9 Å². The van der Waals surface area contributed by atoms with Gasteiger partial charge in [-0.15, -0.1) is 0 Å². The molecule has 0 atom stereocenters. The van der Waals surface area contributed by atoms with Gasteiger partial charge in [0, 0.05) is 20.1 Å². The Kier molecular flexibility index (Phi) is 1.23. The molecule has 1 aliphatic rings. The van der Waals surface area contributed by atoms with Gasteiger partial charge in [0.15, 0.2) is 11.5 Å². The van der Waals surface area contributed by atoms with Crippen molar-refractivity contribution in [3.05, 3.63) is 12.2 Å². The van der Waals surface area contributed by atoms with Gasteiger partial charge in [0.05, 0.1) is 0 Å². The number of alkyl halides is 1. The summed E-state index contributed by atoms with van der Waals surface area (Å²) in [4.78, 5) is 3.85. The Balaban J connectivity index is 2.35. The minimum Gasteiger partial charge on any atom is -0.309 e. The van der Waals surface area contributed by atoms with Gasteiger partial charge in [0.1, 0.15) is 6.33 Å². The van der Waals surface area contributed by atoms with Crippen molar-refractivity contribution in [2.75, 3.05) is 13.1 Å². The molecule has 0 radical (unpaired) electrons. The molecule has 60 valence electrons. The van der Waals surface area contributed by atoms with Crippen LogP contribution in [0.2, 0.25) is 0 Å². The summed E-state index contributed by atoms with van der Waals surface area (Å²) in [6.45, 7) is 0.694. The number of hydrogen-bond donors (Lipinski definition) is 1. The third kappa shape index (κ3) is 0.841. The summed E-state index contributed by atoms with van der Waals surface area (Å²) < 4.78 is 15.0. The van der Waals surface area contributed by atoms with E-state index in [4.69, 9.17) is 0 Å². The van der Waals surface area contributed by atoms with Crippen molar-refractivity contribution in [1.29, 1.82) is 0 Å². The van der Waals surface area contributed by atoms with Crippen LogP contribution in [0.4, 0.5) is 4.39 Å². The number of hydrogen-bond acceptors (Lipinski definition) is 3. The molecular weight excluding hydrogens is 147 g/mol. The second-order valence-corrected chi connectivity index (χ2v) is 2.78. The lowest BCUT2D eigenvalue weighted by Gasteiger charge is -2.33. The normalized spacial score (nSPS) is 21.3. The monoisotopic (exact) mass is 156 g/mol. The molecule has 1 N–H and O–H groups in total. The highest BCUT2D eigenvalue weighted by Gasteiger charge is 2.42. The zero-order chi connectivity index (χ0) is 7.90. The summed E-state index contributed by atoms with van der Waals surface area (Å²) in [6, 6.07) is 0. The first-order valence-electron chi connectivity index (χ1n) is 3.46. The van der Waals surface area contributed by atoms with Crippen molar-refractivity contribution in [3.8, 4) is 0 Å². The largest absolute Gasteiger partial charge is 0.309 e. The van der Waals surface area contributed by atoms with E-state index in [1.165, 1.54) is 11.0 Å². The molecular formula is C6H9FN4. The van der Waals surface area contributed by atoms with Crippen LogP contribution in [0, 0.1) is 0 Å². The van der Waals surface area contributed by atoms with E-state index < -0.39 is 5.67 Å². The van der Waals surface area contributed by atoms with Crippen molar-refractivity contribution in [2.45, 2.75) is 5.67 Å². The zero-order valence-electron chi connectivity index (χ0n) is 6.21. The number of aryl methyl sites for hydroxylation is 1. The van der Waals surface area contributed by atoms with Crippen LogP contribution in [0.5, 0.6) is 0 Å². The van der Waals surface area contributed by atoms with E-state index in [1.54, 1.807) is 7.05 Å². The van der Waals surface area contributed by atoms with Crippen LogP contribution < -0.4 is 5.32 Å². The number of aromatic nitrogens is 3. The van der Waals surface area contributed by atoms with Gasteiger partial charge in [-0.05, 0) is 0 Å². The molecule has 0 saturated carbocycles. The quantitative estimate of drug-likeness (QED) is 0.600. The van der Waals surface area contributed by atoms with Crippen molar-refractivity contribution in [3.63, 3.8) is 0 Å². The molecule has 2 heterocycles. The lowest BCUT2D eigenvalue weighted by atomic mass is 9.99. The Hall–Kier alpha value is -0.970. The average Bonchev–Trinajstić information content (AvgIpc) is 2.30. The Bertz CT molecular complexity index is 265. The van der Waals surface area contributed by atoms with Crippen molar-refractivity contribution < 1.29 is 4.39 Å². The highest BCUT2D eigenvalue weighted by Crippen LogP contribution is 2.27. The maximum atomic E-state index is 13.5. The molecule has 5 heteroatoms. The summed E-state index contributed by atoms with van der Waals surface area (Å²) in [5.74, 6) is 0.413. The van der Waals surface area contributed by atoms with Gasteiger partial charge in [-0.25, -0.2) is 9.37 Å². The lowest BCUT2D eigenvalue weighted by molar-refractivity contribution is 0.0742. The van der Waals surface area contributed by atoms with Crippen molar-refractivity contribution in [2.24, 2.45) is 7.05 Å². The average molecular weight is 156 g/mol. The molecule has 1 aliphatic heterocycles. The molecule has 1 fully saturated rings. The van der Waals surface area contributed by atoms with Gasteiger partial charge >= 0.3 is 0 Å². The van der Waals surface area contributed by atoms with Gasteiger partial charge < -0.3 is 5.32 Å². The van der Waals surface area contributed by atoms with Crippen LogP contribution in [0.15, 0.2) is 6.33 Å². The SMILES string of the molecule is Cn1ncnc1C1(F)CNC1. The molecule has 1 aromatic rings. The summed E-state index contributed by atoms with van der Waals surface area (Å²) in [5.41, 5.74) is -1.29. The number of rotatable bonds is 1. The fourth-order valence-electron chi connectivity index (χ4n) is 1.20. The van der Waals surface area contributed by atoms with E-state index >= 15 is 0 Å². The molecule has 1 aromatic heterocycles. The van der Waals surface area contributed by atoms with E-state index in [2.05, 4.69) is 15.4 Å². The lowest BCUT2D eigenvalue weighted by Crippen LogP contribution is -2.55. The van der Waals surface area contributed by atoms with Crippen LogP contribution in [0.1, 0.15) is 5.82 Å². The fraction of sp³-hybridized carbons (Fsp3) is 0.667. The molecule has 0 unspecified atom stereocenters. The summed E-state index contributed by atoms with van der Waals surface area (Å²) in [7, 11) is 1.70. The standard InChI is InChI=1S/C6H9FN4/c1-11-5(9-4-10-11)6(7)2-8-3-6/h4,8H,2-3H2,1H3. The summed E-state index contributed by atoms with van der Waals surface area (Å²) >= 11 is 0. The predicted molar refractivity (Wildman–Crippen MR) is 36.7 cm³/mol. The molecule has 0 bridgehead atoms. The summed E-state index contributed by atoms with van der Waals surface area (Å²) in [6.07, 6.45) is 1.37. The smallest absolute Gasteiger partial charge is 0.194 e. The van der Waals surface area contributed by atoms with Gasteiger partial charge in [-0.2, -0.15) is 5.10 Å². The molecule has 2 rings (SSSR count). The van der Waals surface area contributed by atoms with Crippen LogP contribution in [0.25, 0.3) is 0 Å². The maximum Gasteiger partial charge on any atom is 0.194 e. The van der Waals surface area contributed by atoms with Crippen molar-refractivity contribution in [1.82, 2.24) is 20.1 Å². The maximum absolute atomic E-state index is 13.5. The molecule has 0 amide bonds. The molecule has 1 saturated heterocycles. The highest BCUT2D eigenvalue weighted by molar-refractivity contribution is 5.09. The summed E-state index contributed by atoms with van der Waals surface area (Å²) in [5, 5.41) is 6.66. The van der Waals surface area contributed by atoms with E-state index in [1.807, 2.05) is 0 Å². The first kappa shape index (κ1) is 6.72. The minimum absolute atomic E-state index is 0.347. The van der Waals surface area contributed by atoms with Crippen LogP contribution in [0.3, 0.4) is 0 Å². The molecule has 0 aliphatic carbocycles. The molecule has 4 nitrogen and oxygen atoms in total. The predicted octanol–water partition coefficient (Wildman–Crippen LogP) is -0.417. The zero-order valence-corrected chi connectivity index (χ0v) is 6.21. The molecule has 0 aromatic carbocycles. The van der Waals surface area contributed by atoms with Crippen LogP contribution in [-0.2, 0) is 12.7 Å². The van der Waals surface area contributed by atoms with Gasteiger partial charge in [-0.1, -0.05) is 0 Å². The van der Waals surface area contributed by atoms with E-state index in [-0.39, 0.29) is 0 Å². The Morgan fingerprint density at radius 3 is 2.82 bits per heavy atom. The van der Waals surface area contributed by atoms with E-state index in [0.29, 0.717) is 18.9 Å². The third-order valence-corrected chi connectivity index (χ3v) is 1.92. The Morgan fingerprint density at radius 2 is 2.45 bits per heavy atom. The highest BCUT2D eigenvalue weighted by atomic mass is 19.1. The first-order valence-corrected chi connectivity index (χ1v) is 3.46. The third-order valence-electron chi connectivity index (χ3n) is 1.92. The number of halogens is 1. The Morgan fingerprint density at radius 1 is 1.73 bits per heavy atom. The van der Waals surface area contributed by atoms with Crippen LogP contribution >= 0.6 is 0 Å². The van der Waals surface area contributed by atoms with Gasteiger partial charge in [0.2, 0.25) is 0 Å². The van der Waals surface area contributed by atoms with Crippen molar-refractivity contribution >= 4 is 0 Å². The molecule has 0 spiro atoms. The Labute approximate surface area is 63.4 Å². The number of nitrogens with one attached hydrogen (secondary N) is 1. The topological polar surface area (TPSA) is 42.7 Å². The molecule has 11 heavy (non-hydrogen) atoms. The first-order chi connectivity index (χ1) is 5.22. The second-order valence-electron chi connectivity index (χ2n) is 2.78. The fourth-order valence-corrected chi connectivity index (χ4v) is 1.20. The van der Waals surface area contributed by atoms with E-state index in [0.717, 1.165) is 0 Å². The van der Waals surface area contributed by atoms with Gasteiger partial charge in [-0.3, -0.25) is 4.68 Å². The van der Waals surface area contributed by atoms with E-state index in [9.17, 15) is 4.39 Å². The number of nitrogens with zero attached hydrogens (tertiary/aromatic N) is 3. The van der Waals surface area contributed by atoms with Gasteiger partial charge in [0.25, 0.3) is 0 Å². The second kappa shape index (κ2) is 2.01.